The smallest absolute Gasteiger partial charge is 0.102 e. The fraction of sp³-hybridized carbons (Fsp3) is 0.143. The van der Waals surface area contributed by atoms with Crippen molar-refractivity contribution in [2.24, 2.45) is 0 Å². The number of benzene rings is 2. The lowest BCUT2D eigenvalue weighted by Crippen LogP contribution is -1.77. The molecule has 0 aliphatic rings. The molecule has 0 spiro atoms. The second-order valence-electron chi connectivity index (χ2n) is 3.73. The summed E-state index contributed by atoms with van der Waals surface area (Å²) in [5.74, 6) is 2.00. The molecule has 0 saturated carbocycles. The lowest BCUT2D eigenvalue weighted by atomic mass is 10.2. The fourth-order valence-electron chi connectivity index (χ4n) is 1.44. The Balaban J connectivity index is 1.71. The Bertz CT molecular complexity index is 406. The first-order valence-electron chi connectivity index (χ1n) is 5.64. The van der Waals surface area contributed by atoms with Crippen LogP contribution in [0.15, 0.2) is 60.7 Å². The van der Waals surface area contributed by atoms with E-state index >= 15 is 0 Å². The van der Waals surface area contributed by atoms with E-state index in [2.05, 4.69) is 48.5 Å². The highest BCUT2D eigenvalue weighted by Crippen LogP contribution is 2.66. The fourth-order valence-corrected chi connectivity index (χ4v) is 6.62. The van der Waals surface area contributed by atoms with Crippen LogP contribution in [0.1, 0.15) is 11.1 Å². The molecule has 2 aromatic rings. The van der Waals surface area contributed by atoms with Crippen LogP contribution in [0.5, 0.6) is 0 Å². The first-order valence-corrected chi connectivity index (χ1v) is 11.1. The van der Waals surface area contributed by atoms with Crippen molar-refractivity contribution < 1.29 is 0 Å². The normalized spacial score (nSPS) is 10.8. The third-order valence-corrected chi connectivity index (χ3v) is 9.33. The molecule has 0 nitrogen and oxygen atoms in total. The van der Waals surface area contributed by atoms with Gasteiger partial charge in [-0.05, 0) is 11.1 Å². The molecule has 94 valence electrons. The summed E-state index contributed by atoms with van der Waals surface area (Å²) in [6, 6.07) is 21.0. The van der Waals surface area contributed by atoms with Gasteiger partial charge in [-0.1, -0.05) is 71.9 Å². The maximum absolute atomic E-state index is 6.37. The molecular formula is C14H14ClPS2. The molecule has 0 heterocycles. The monoisotopic (exact) mass is 312 g/mol. The van der Waals surface area contributed by atoms with Crippen molar-refractivity contribution >= 4 is 39.7 Å². The predicted molar refractivity (Wildman–Crippen MR) is 88.2 cm³/mol. The van der Waals surface area contributed by atoms with Gasteiger partial charge in [0.25, 0.3) is 0 Å². The molecule has 2 aromatic carbocycles. The minimum absolute atomic E-state index is 0.522. The van der Waals surface area contributed by atoms with Gasteiger partial charge >= 0.3 is 0 Å². The summed E-state index contributed by atoms with van der Waals surface area (Å²) >= 11 is 10.1. The van der Waals surface area contributed by atoms with Crippen molar-refractivity contribution in [2.45, 2.75) is 11.5 Å². The van der Waals surface area contributed by atoms with Crippen LogP contribution in [-0.2, 0) is 11.5 Å². The van der Waals surface area contributed by atoms with Crippen molar-refractivity contribution in [1.29, 1.82) is 0 Å². The standard InChI is InChI=1S/C14H14ClPS2/c15-16(17-11-13-7-3-1-4-8-13)18-12-14-9-5-2-6-10-14/h1-10H,11-12H2. The predicted octanol–water partition coefficient (Wildman–Crippen LogP) is 6.32. The second kappa shape index (κ2) is 8.12. The van der Waals surface area contributed by atoms with Gasteiger partial charge in [-0.25, -0.2) is 0 Å². The number of hydrogen-bond acceptors (Lipinski definition) is 2. The maximum atomic E-state index is 6.37. The van der Waals surface area contributed by atoms with Crippen molar-refractivity contribution in [1.82, 2.24) is 0 Å². The minimum Gasteiger partial charge on any atom is -0.102 e. The van der Waals surface area contributed by atoms with Crippen LogP contribution < -0.4 is 0 Å². The van der Waals surface area contributed by atoms with E-state index in [4.69, 9.17) is 11.2 Å². The van der Waals surface area contributed by atoms with E-state index in [1.54, 1.807) is 0 Å². The summed E-state index contributed by atoms with van der Waals surface area (Å²) < 4.78 is 0. The van der Waals surface area contributed by atoms with Gasteiger partial charge in [-0.15, -0.1) is 22.8 Å². The molecule has 18 heavy (non-hydrogen) atoms. The van der Waals surface area contributed by atoms with E-state index in [0.29, 0.717) is 0 Å². The Kier molecular flexibility index (Phi) is 6.44. The zero-order chi connectivity index (χ0) is 12.6. The van der Waals surface area contributed by atoms with Gasteiger partial charge in [0.2, 0.25) is 0 Å². The molecule has 0 bridgehead atoms. The molecule has 0 N–H and O–H groups in total. The molecule has 0 radical (unpaired) electrons. The second-order valence-corrected chi connectivity index (χ2v) is 11.9. The average Bonchev–Trinajstić information content (AvgIpc) is 2.45. The Morgan fingerprint density at radius 3 is 1.50 bits per heavy atom. The lowest BCUT2D eigenvalue weighted by molar-refractivity contribution is 1.43. The summed E-state index contributed by atoms with van der Waals surface area (Å²) in [4.78, 5) is 0. The van der Waals surface area contributed by atoms with E-state index in [-0.39, 0.29) is 0 Å². The van der Waals surface area contributed by atoms with Crippen molar-refractivity contribution in [3.63, 3.8) is 0 Å². The van der Waals surface area contributed by atoms with Crippen molar-refractivity contribution in [3.8, 4) is 0 Å². The van der Waals surface area contributed by atoms with E-state index in [1.807, 2.05) is 34.9 Å². The highest BCUT2D eigenvalue weighted by atomic mass is 35.7. The van der Waals surface area contributed by atoms with E-state index in [0.717, 1.165) is 11.5 Å². The Hall–Kier alpha value is -0.140. The summed E-state index contributed by atoms with van der Waals surface area (Å²) in [5.41, 5.74) is 2.16. The van der Waals surface area contributed by atoms with Crippen LogP contribution >= 0.6 is 39.7 Å². The van der Waals surface area contributed by atoms with Gasteiger partial charge in [0, 0.05) is 11.5 Å². The molecular weight excluding hydrogens is 299 g/mol. The van der Waals surface area contributed by atoms with Crippen LogP contribution in [0.3, 0.4) is 0 Å². The van der Waals surface area contributed by atoms with Gasteiger partial charge in [-0.3, -0.25) is 0 Å². The topological polar surface area (TPSA) is 0 Å². The Morgan fingerprint density at radius 1 is 0.722 bits per heavy atom. The summed E-state index contributed by atoms with van der Waals surface area (Å²) in [6.45, 7) is 0. The number of halogens is 1. The number of rotatable bonds is 6. The van der Waals surface area contributed by atoms with Crippen molar-refractivity contribution in [2.75, 3.05) is 0 Å². The van der Waals surface area contributed by atoms with Gasteiger partial charge in [0.15, 0.2) is 0 Å². The molecule has 0 fully saturated rings. The zero-order valence-corrected chi connectivity index (χ0v) is 13.1. The zero-order valence-electron chi connectivity index (χ0n) is 9.83. The molecule has 0 aromatic heterocycles. The largest absolute Gasteiger partial charge is 0.110 e. The lowest BCUT2D eigenvalue weighted by Gasteiger charge is -2.08. The Morgan fingerprint density at radius 2 is 1.11 bits per heavy atom. The van der Waals surface area contributed by atoms with Gasteiger partial charge in [-0.2, -0.15) is 0 Å². The van der Waals surface area contributed by atoms with E-state index in [9.17, 15) is 0 Å². The maximum Gasteiger partial charge on any atom is 0.110 e. The minimum atomic E-state index is -0.522. The molecule has 0 amide bonds. The first-order chi connectivity index (χ1) is 8.84. The molecule has 2 rings (SSSR count). The average molecular weight is 313 g/mol. The molecule has 4 heteroatoms. The molecule has 0 unspecified atom stereocenters. The van der Waals surface area contributed by atoms with Crippen molar-refractivity contribution in [3.05, 3.63) is 71.8 Å². The summed E-state index contributed by atoms with van der Waals surface area (Å²) in [5, 5.41) is 0. The Labute approximate surface area is 123 Å². The molecule has 0 saturated heterocycles. The quantitative estimate of drug-likeness (QED) is 0.572. The van der Waals surface area contributed by atoms with E-state index in [1.165, 1.54) is 11.1 Å². The van der Waals surface area contributed by atoms with E-state index < -0.39 is 5.68 Å². The van der Waals surface area contributed by atoms with Gasteiger partial charge < -0.3 is 0 Å². The summed E-state index contributed by atoms with van der Waals surface area (Å²) in [7, 11) is 0. The van der Waals surface area contributed by atoms with Gasteiger partial charge in [0.05, 0.1) is 0 Å². The van der Waals surface area contributed by atoms with Crippen LogP contribution in [-0.4, -0.2) is 0 Å². The van der Waals surface area contributed by atoms with Crippen LogP contribution in [0.2, 0.25) is 0 Å². The highest BCUT2D eigenvalue weighted by Gasteiger charge is 2.06. The highest BCUT2D eigenvalue weighted by molar-refractivity contribution is 8.94. The van der Waals surface area contributed by atoms with Crippen LogP contribution in [0.25, 0.3) is 0 Å². The first kappa shape index (κ1) is 14.3. The third-order valence-electron chi connectivity index (χ3n) is 2.35. The number of hydrogen-bond donors (Lipinski definition) is 0. The van der Waals surface area contributed by atoms with Crippen LogP contribution in [0, 0.1) is 0 Å². The summed E-state index contributed by atoms with van der Waals surface area (Å²) in [6.07, 6.45) is 0. The molecule has 0 aliphatic heterocycles. The van der Waals surface area contributed by atoms with Crippen LogP contribution in [0.4, 0.5) is 0 Å². The van der Waals surface area contributed by atoms with Gasteiger partial charge in [0.1, 0.15) is 5.68 Å². The SMILES string of the molecule is ClP(SCc1ccccc1)SCc1ccccc1. The third kappa shape index (κ3) is 5.24. The molecule has 0 atom stereocenters. The molecule has 0 aliphatic carbocycles.